The van der Waals surface area contributed by atoms with Crippen molar-refractivity contribution < 1.29 is 9.84 Å². The summed E-state index contributed by atoms with van der Waals surface area (Å²) in [6.07, 6.45) is 2.68. The van der Waals surface area contributed by atoms with Crippen LogP contribution in [0.15, 0.2) is 18.3 Å². The highest BCUT2D eigenvalue weighted by atomic mass is 16.5. The van der Waals surface area contributed by atoms with Crippen molar-refractivity contribution in [1.82, 2.24) is 4.98 Å². The largest absolute Gasteiger partial charge is 0.481 e. The van der Waals surface area contributed by atoms with Crippen molar-refractivity contribution in [3.05, 3.63) is 23.9 Å². The monoisotopic (exact) mass is 194 g/mol. The van der Waals surface area contributed by atoms with Gasteiger partial charge in [-0.05, 0) is 18.4 Å². The summed E-state index contributed by atoms with van der Waals surface area (Å²) in [5.41, 5.74) is 6.64. The van der Waals surface area contributed by atoms with E-state index in [9.17, 15) is 5.11 Å². The Labute approximate surface area is 82.7 Å². The van der Waals surface area contributed by atoms with E-state index < -0.39 is 5.54 Å². The van der Waals surface area contributed by atoms with Gasteiger partial charge in [0.25, 0.3) is 0 Å². The number of nitrogens with zero attached hydrogens (tertiary/aromatic N) is 1. The van der Waals surface area contributed by atoms with Gasteiger partial charge in [0.1, 0.15) is 0 Å². The fourth-order valence-corrected chi connectivity index (χ4v) is 1.81. The molecule has 1 aliphatic rings. The summed E-state index contributed by atoms with van der Waals surface area (Å²) in [5.74, 6) is 0.581. The van der Waals surface area contributed by atoms with Crippen molar-refractivity contribution in [2.75, 3.05) is 7.11 Å². The normalized spacial score (nSPS) is 30.9. The number of nitrogens with two attached hydrogens (primary N) is 1. The summed E-state index contributed by atoms with van der Waals surface area (Å²) < 4.78 is 4.95. The third kappa shape index (κ3) is 1.47. The van der Waals surface area contributed by atoms with Crippen molar-refractivity contribution in [3.8, 4) is 5.88 Å². The number of aliphatic hydroxyl groups excluding tert-OH is 1. The van der Waals surface area contributed by atoms with Crippen molar-refractivity contribution in [3.63, 3.8) is 0 Å². The van der Waals surface area contributed by atoms with Crippen molar-refractivity contribution in [2.45, 2.75) is 24.5 Å². The molecule has 0 radical (unpaired) electrons. The molecule has 76 valence electrons. The van der Waals surface area contributed by atoms with E-state index in [0.717, 1.165) is 5.56 Å². The zero-order valence-corrected chi connectivity index (χ0v) is 8.10. The number of hydrogen-bond acceptors (Lipinski definition) is 4. The summed E-state index contributed by atoms with van der Waals surface area (Å²) >= 11 is 0. The first-order chi connectivity index (χ1) is 6.64. The summed E-state index contributed by atoms with van der Waals surface area (Å²) in [5, 5.41) is 9.22. The maximum absolute atomic E-state index is 9.22. The van der Waals surface area contributed by atoms with Gasteiger partial charge in [0, 0.05) is 17.8 Å². The summed E-state index contributed by atoms with van der Waals surface area (Å²) in [6, 6.07) is 3.69. The maximum Gasteiger partial charge on any atom is 0.212 e. The molecule has 1 aromatic heterocycles. The van der Waals surface area contributed by atoms with E-state index in [1.165, 1.54) is 0 Å². The average Bonchev–Trinajstić information content (AvgIpc) is 2.16. The summed E-state index contributed by atoms with van der Waals surface area (Å²) in [4.78, 5) is 4.09. The molecule has 2 rings (SSSR count). The van der Waals surface area contributed by atoms with E-state index in [4.69, 9.17) is 10.5 Å². The predicted octanol–water partition coefficient (Wildman–Crippen LogP) is 0.399. The molecule has 0 aliphatic heterocycles. The van der Waals surface area contributed by atoms with Crippen LogP contribution in [0, 0.1) is 0 Å². The standard InChI is InChI=1S/C10H14N2O2/c1-14-9-3-2-7(6-12-9)10(11)4-8(13)5-10/h2-3,6,8,13H,4-5,11H2,1H3. The third-order valence-electron chi connectivity index (χ3n) is 2.72. The van der Waals surface area contributed by atoms with Crippen LogP contribution in [0.5, 0.6) is 5.88 Å². The number of hydrogen-bond donors (Lipinski definition) is 2. The average molecular weight is 194 g/mol. The molecule has 0 unspecified atom stereocenters. The highest BCUT2D eigenvalue weighted by molar-refractivity contribution is 5.27. The van der Waals surface area contributed by atoms with Crippen LogP contribution < -0.4 is 10.5 Å². The molecule has 1 heterocycles. The van der Waals surface area contributed by atoms with Gasteiger partial charge in [-0.3, -0.25) is 0 Å². The second-order valence-electron chi connectivity index (χ2n) is 3.81. The minimum Gasteiger partial charge on any atom is -0.481 e. The molecule has 1 fully saturated rings. The second-order valence-corrected chi connectivity index (χ2v) is 3.81. The lowest BCUT2D eigenvalue weighted by molar-refractivity contribution is 0.0207. The number of aromatic nitrogens is 1. The van der Waals surface area contributed by atoms with E-state index >= 15 is 0 Å². The number of aliphatic hydroxyl groups is 1. The molecule has 0 amide bonds. The first kappa shape index (κ1) is 9.43. The van der Waals surface area contributed by atoms with Crippen LogP contribution in [0.25, 0.3) is 0 Å². The number of rotatable bonds is 2. The van der Waals surface area contributed by atoms with E-state index in [1.807, 2.05) is 6.07 Å². The molecule has 4 heteroatoms. The van der Waals surface area contributed by atoms with Gasteiger partial charge in [-0.25, -0.2) is 4.98 Å². The van der Waals surface area contributed by atoms with E-state index in [-0.39, 0.29) is 6.10 Å². The van der Waals surface area contributed by atoms with Gasteiger partial charge in [0.05, 0.1) is 13.2 Å². The Balaban J connectivity index is 2.17. The number of pyridine rings is 1. The molecule has 14 heavy (non-hydrogen) atoms. The van der Waals surface area contributed by atoms with Crippen molar-refractivity contribution >= 4 is 0 Å². The van der Waals surface area contributed by atoms with Crippen LogP contribution in [0.4, 0.5) is 0 Å². The van der Waals surface area contributed by atoms with Gasteiger partial charge in [0.2, 0.25) is 5.88 Å². The zero-order valence-electron chi connectivity index (χ0n) is 8.10. The fraction of sp³-hybridized carbons (Fsp3) is 0.500. The van der Waals surface area contributed by atoms with Gasteiger partial charge in [-0.15, -0.1) is 0 Å². The Morgan fingerprint density at radius 1 is 1.57 bits per heavy atom. The van der Waals surface area contributed by atoms with Crippen molar-refractivity contribution in [1.29, 1.82) is 0 Å². The van der Waals surface area contributed by atoms with Crippen LogP contribution >= 0.6 is 0 Å². The van der Waals surface area contributed by atoms with Gasteiger partial charge in [-0.2, -0.15) is 0 Å². The topological polar surface area (TPSA) is 68.4 Å². The highest BCUT2D eigenvalue weighted by Crippen LogP contribution is 2.38. The Morgan fingerprint density at radius 3 is 2.71 bits per heavy atom. The van der Waals surface area contributed by atoms with Crippen LogP contribution in [0.2, 0.25) is 0 Å². The third-order valence-corrected chi connectivity index (χ3v) is 2.72. The molecule has 0 spiro atoms. The fourth-order valence-electron chi connectivity index (χ4n) is 1.81. The molecule has 0 bridgehead atoms. The molecular formula is C10H14N2O2. The van der Waals surface area contributed by atoms with Crippen LogP contribution in [-0.2, 0) is 5.54 Å². The first-order valence-corrected chi connectivity index (χ1v) is 4.61. The summed E-state index contributed by atoms with van der Waals surface area (Å²) in [7, 11) is 1.58. The Hall–Kier alpha value is -1.13. The molecule has 1 aliphatic carbocycles. The molecule has 0 atom stereocenters. The zero-order chi connectivity index (χ0) is 10.2. The Kier molecular flexibility index (Phi) is 2.17. The van der Waals surface area contributed by atoms with Gasteiger partial charge in [-0.1, -0.05) is 6.07 Å². The minimum absolute atomic E-state index is 0.262. The van der Waals surface area contributed by atoms with E-state index in [0.29, 0.717) is 18.7 Å². The highest BCUT2D eigenvalue weighted by Gasteiger charge is 2.41. The van der Waals surface area contributed by atoms with Gasteiger partial charge < -0.3 is 15.6 Å². The molecule has 4 nitrogen and oxygen atoms in total. The number of ether oxygens (including phenoxy) is 1. The molecule has 1 aromatic rings. The smallest absolute Gasteiger partial charge is 0.212 e. The SMILES string of the molecule is COc1ccc(C2(N)CC(O)C2)cn1. The molecule has 0 aromatic carbocycles. The molecule has 1 saturated carbocycles. The summed E-state index contributed by atoms with van der Waals surface area (Å²) in [6.45, 7) is 0. The first-order valence-electron chi connectivity index (χ1n) is 4.61. The molecular weight excluding hydrogens is 180 g/mol. The van der Waals surface area contributed by atoms with E-state index in [2.05, 4.69) is 4.98 Å². The van der Waals surface area contributed by atoms with Gasteiger partial charge in [0.15, 0.2) is 0 Å². The Bertz CT molecular complexity index is 317. The Morgan fingerprint density at radius 2 is 2.29 bits per heavy atom. The number of methoxy groups -OCH3 is 1. The quantitative estimate of drug-likeness (QED) is 0.715. The van der Waals surface area contributed by atoms with Crippen LogP contribution in [0.3, 0.4) is 0 Å². The van der Waals surface area contributed by atoms with Crippen LogP contribution in [-0.4, -0.2) is 23.3 Å². The van der Waals surface area contributed by atoms with Gasteiger partial charge >= 0.3 is 0 Å². The van der Waals surface area contributed by atoms with E-state index in [1.54, 1.807) is 19.4 Å². The maximum atomic E-state index is 9.22. The second kappa shape index (κ2) is 3.22. The minimum atomic E-state index is -0.390. The predicted molar refractivity (Wildman–Crippen MR) is 51.9 cm³/mol. The molecule has 0 saturated heterocycles. The van der Waals surface area contributed by atoms with Crippen LogP contribution in [0.1, 0.15) is 18.4 Å². The lowest BCUT2D eigenvalue weighted by Gasteiger charge is -2.42. The van der Waals surface area contributed by atoms with Crippen molar-refractivity contribution in [2.24, 2.45) is 5.73 Å². The lowest BCUT2D eigenvalue weighted by Crippen LogP contribution is -2.51. The molecule has 3 N–H and O–H groups in total. The lowest BCUT2D eigenvalue weighted by atomic mass is 9.71.